The van der Waals surface area contributed by atoms with Gasteiger partial charge in [-0.3, -0.25) is 0 Å². The van der Waals surface area contributed by atoms with Crippen LogP contribution < -0.4 is 11.1 Å². The van der Waals surface area contributed by atoms with E-state index in [4.69, 9.17) is 17.3 Å². The van der Waals surface area contributed by atoms with Crippen LogP contribution in [0, 0.1) is 0 Å². The first kappa shape index (κ1) is 25.8. The Labute approximate surface area is 187 Å². The number of rotatable bonds is 6. The minimum Gasteiger partial charge on any atom is -0.367 e. The Kier molecular flexibility index (Phi) is 13.9. The van der Waals surface area contributed by atoms with Crippen LogP contribution in [0.5, 0.6) is 0 Å². The number of thioether (sulfide) groups is 1. The van der Waals surface area contributed by atoms with Gasteiger partial charge in [-0.15, -0.1) is 11.8 Å². The van der Waals surface area contributed by atoms with E-state index in [-0.39, 0.29) is 0 Å². The lowest BCUT2D eigenvalue weighted by molar-refractivity contribution is 0.462. The second-order valence-electron chi connectivity index (χ2n) is 6.85. The maximum absolute atomic E-state index is 6.31. The molecule has 1 saturated carbocycles. The van der Waals surface area contributed by atoms with Gasteiger partial charge in [0.05, 0.1) is 5.02 Å². The molecule has 1 aromatic heterocycles. The fourth-order valence-corrected chi connectivity index (χ4v) is 4.31. The van der Waals surface area contributed by atoms with Gasteiger partial charge < -0.3 is 11.1 Å². The van der Waals surface area contributed by atoms with Crippen LogP contribution in [-0.4, -0.2) is 17.6 Å². The third-order valence-corrected chi connectivity index (χ3v) is 6.15. The van der Waals surface area contributed by atoms with Crippen molar-refractivity contribution in [3.63, 3.8) is 0 Å². The Morgan fingerprint density at radius 3 is 2.31 bits per heavy atom. The number of nitrogens with two attached hydrogens (primary N) is 1. The van der Waals surface area contributed by atoms with Gasteiger partial charge in [-0.1, -0.05) is 70.7 Å². The van der Waals surface area contributed by atoms with Crippen LogP contribution in [0.3, 0.4) is 0 Å². The van der Waals surface area contributed by atoms with E-state index in [0.29, 0.717) is 6.04 Å². The molecule has 0 bridgehead atoms. The van der Waals surface area contributed by atoms with Gasteiger partial charge in [0, 0.05) is 22.9 Å². The number of halogens is 1. The molecule has 3 N–H and O–H groups in total. The Morgan fingerprint density at radius 1 is 1.07 bits per heavy atom. The van der Waals surface area contributed by atoms with Crippen LogP contribution in [0.1, 0.15) is 70.9 Å². The van der Waals surface area contributed by atoms with Crippen molar-refractivity contribution in [1.29, 1.82) is 0 Å². The molecule has 162 valence electrons. The first-order valence-corrected chi connectivity index (χ1v) is 12.3. The van der Waals surface area contributed by atoms with Crippen molar-refractivity contribution in [3.8, 4) is 0 Å². The standard InChI is InChI=1S/C20H25ClN2S.C2H7N.C2H6/c1-2-15-8-10-18(21)19(12-15)24-14-16-9-11-20(22-13-16)23-17-6-4-3-5-7-17;1-2-3;1-2/h8-13,17H,2-7,14H2,1H3,(H,22,23);2-3H2,1H3;1-2H3. The Balaban J connectivity index is 0.000000771. The molecule has 1 aliphatic carbocycles. The summed E-state index contributed by atoms with van der Waals surface area (Å²) in [5.74, 6) is 1.89. The molecule has 5 heteroatoms. The van der Waals surface area contributed by atoms with Crippen molar-refractivity contribution in [3.05, 3.63) is 52.7 Å². The van der Waals surface area contributed by atoms with E-state index in [0.717, 1.165) is 34.5 Å². The molecule has 29 heavy (non-hydrogen) atoms. The molecule has 0 unspecified atom stereocenters. The zero-order valence-electron chi connectivity index (χ0n) is 18.5. The molecule has 1 heterocycles. The number of nitrogens with one attached hydrogen (secondary N) is 1. The second-order valence-corrected chi connectivity index (χ2v) is 8.27. The monoisotopic (exact) mass is 435 g/mol. The number of hydrogen-bond acceptors (Lipinski definition) is 4. The Hall–Kier alpha value is -1.23. The number of aryl methyl sites for hydroxylation is 1. The molecule has 1 aliphatic rings. The maximum atomic E-state index is 6.31. The van der Waals surface area contributed by atoms with E-state index in [2.05, 4.69) is 41.5 Å². The summed E-state index contributed by atoms with van der Waals surface area (Å²) in [4.78, 5) is 5.74. The average Bonchev–Trinajstić information content (AvgIpc) is 2.77. The zero-order chi connectivity index (χ0) is 21.5. The zero-order valence-corrected chi connectivity index (χ0v) is 20.1. The second kappa shape index (κ2) is 15.6. The summed E-state index contributed by atoms with van der Waals surface area (Å²) in [5, 5.41) is 4.40. The molecule has 2 aromatic rings. The Morgan fingerprint density at radius 2 is 1.72 bits per heavy atom. The highest BCUT2D eigenvalue weighted by Gasteiger charge is 2.13. The highest BCUT2D eigenvalue weighted by Crippen LogP contribution is 2.31. The minimum atomic E-state index is 0.599. The lowest BCUT2D eigenvalue weighted by Crippen LogP contribution is -2.22. The molecule has 0 amide bonds. The van der Waals surface area contributed by atoms with Gasteiger partial charge >= 0.3 is 0 Å². The summed E-state index contributed by atoms with van der Waals surface area (Å²) in [5.41, 5.74) is 7.40. The van der Waals surface area contributed by atoms with Crippen LogP contribution in [0.4, 0.5) is 5.82 Å². The lowest BCUT2D eigenvalue weighted by atomic mass is 9.95. The number of pyridine rings is 1. The molecule has 0 radical (unpaired) electrons. The van der Waals surface area contributed by atoms with E-state index in [9.17, 15) is 0 Å². The smallest absolute Gasteiger partial charge is 0.126 e. The highest BCUT2D eigenvalue weighted by molar-refractivity contribution is 7.98. The van der Waals surface area contributed by atoms with Crippen molar-refractivity contribution in [1.82, 2.24) is 4.98 Å². The fraction of sp³-hybridized carbons (Fsp3) is 0.542. The molecule has 3 nitrogen and oxygen atoms in total. The van der Waals surface area contributed by atoms with Crippen LogP contribution in [0.15, 0.2) is 41.4 Å². The van der Waals surface area contributed by atoms with E-state index >= 15 is 0 Å². The molecule has 0 saturated heterocycles. The molecule has 0 atom stereocenters. The van der Waals surface area contributed by atoms with Gasteiger partial charge in [-0.25, -0.2) is 4.98 Å². The molecule has 1 fully saturated rings. The molecule has 0 aliphatic heterocycles. The summed E-state index contributed by atoms with van der Waals surface area (Å²) in [6.45, 7) is 8.82. The average molecular weight is 436 g/mol. The minimum absolute atomic E-state index is 0.599. The number of anilines is 1. The van der Waals surface area contributed by atoms with Gasteiger partial charge in [0.25, 0.3) is 0 Å². The Bertz CT molecular complexity index is 670. The summed E-state index contributed by atoms with van der Waals surface area (Å²) in [6, 6.07) is 11.2. The lowest BCUT2D eigenvalue weighted by Gasteiger charge is -2.23. The maximum Gasteiger partial charge on any atom is 0.126 e. The third kappa shape index (κ3) is 9.88. The van der Waals surface area contributed by atoms with E-state index in [1.54, 1.807) is 11.8 Å². The summed E-state index contributed by atoms with van der Waals surface area (Å²) in [6.07, 6.45) is 9.61. The van der Waals surface area contributed by atoms with Crippen LogP contribution >= 0.6 is 23.4 Å². The summed E-state index contributed by atoms with van der Waals surface area (Å²) >= 11 is 8.09. The van der Waals surface area contributed by atoms with Gasteiger partial charge in [0.15, 0.2) is 0 Å². The summed E-state index contributed by atoms with van der Waals surface area (Å²) < 4.78 is 0. The predicted molar refractivity (Wildman–Crippen MR) is 131 cm³/mol. The van der Waals surface area contributed by atoms with Gasteiger partial charge in [-0.2, -0.15) is 0 Å². The molecular weight excluding hydrogens is 398 g/mol. The van der Waals surface area contributed by atoms with Crippen molar-refractivity contribution >= 4 is 29.2 Å². The van der Waals surface area contributed by atoms with Crippen molar-refractivity contribution < 1.29 is 0 Å². The number of benzene rings is 1. The van der Waals surface area contributed by atoms with Crippen molar-refractivity contribution in [2.24, 2.45) is 5.73 Å². The van der Waals surface area contributed by atoms with E-state index in [1.165, 1.54) is 43.2 Å². The largest absolute Gasteiger partial charge is 0.367 e. The topological polar surface area (TPSA) is 50.9 Å². The molecule has 1 aromatic carbocycles. The highest BCUT2D eigenvalue weighted by atomic mass is 35.5. The van der Waals surface area contributed by atoms with Gasteiger partial charge in [-0.05, 0) is 55.1 Å². The van der Waals surface area contributed by atoms with Crippen LogP contribution in [0.25, 0.3) is 0 Å². The first-order chi connectivity index (χ1) is 14.2. The number of aromatic nitrogens is 1. The number of hydrogen-bond donors (Lipinski definition) is 2. The quantitative estimate of drug-likeness (QED) is 0.466. The predicted octanol–water partition coefficient (Wildman–Crippen LogP) is 7.33. The third-order valence-electron chi connectivity index (χ3n) is 4.58. The van der Waals surface area contributed by atoms with Crippen molar-refractivity contribution in [2.45, 2.75) is 82.9 Å². The van der Waals surface area contributed by atoms with Crippen LogP contribution in [-0.2, 0) is 12.2 Å². The van der Waals surface area contributed by atoms with Crippen LogP contribution in [0.2, 0.25) is 5.02 Å². The fourth-order valence-electron chi connectivity index (χ4n) is 3.09. The SMILES string of the molecule is CC.CCN.CCc1ccc(Cl)c(SCc2ccc(NC3CCCCC3)nc2)c1. The number of nitrogens with zero attached hydrogens (tertiary/aromatic N) is 1. The molecule has 0 spiro atoms. The molecule has 3 rings (SSSR count). The molecular formula is C24H38ClN3S. The van der Waals surface area contributed by atoms with E-state index in [1.807, 2.05) is 33.0 Å². The normalized spacial score (nSPS) is 13.6. The summed E-state index contributed by atoms with van der Waals surface area (Å²) in [7, 11) is 0. The van der Waals surface area contributed by atoms with Gasteiger partial charge in [0.2, 0.25) is 0 Å². The van der Waals surface area contributed by atoms with Gasteiger partial charge in [0.1, 0.15) is 5.82 Å². The first-order valence-electron chi connectivity index (χ1n) is 11.0. The van der Waals surface area contributed by atoms with Crippen molar-refractivity contribution in [2.75, 3.05) is 11.9 Å². The van der Waals surface area contributed by atoms with E-state index < -0.39 is 0 Å².